The summed E-state index contributed by atoms with van der Waals surface area (Å²) in [5.74, 6) is -1.84. The Bertz CT molecular complexity index is 1450. The zero-order valence-corrected chi connectivity index (χ0v) is 20.0. The van der Waals surface area contributed by atoms with Crippen molar-refractivity contribution in [2.24, 2.45) is 0 Å². The van der Waals surface area contributed by atoms with Crippen LogP contribution in [0.5, 0.6) is 0 Å². The van der Waals surface area contributed by atoms with Gasteiger partial charge in [0, 0.05) is 33.2 Å². The van der Waals surface area contributed by atoms with E-state index in [1.54, 1.807) is 0 Å². The van der Waals surface area contributed by atoms with Crippen LogP contribution >= 0.6 is 34.5 Å². The van der Waals surface area contributed by atoms with Gasteiger partial charge in [0.05, 0.1) is 0 Å². The third-order valence-electron chi connectivity index (χ3n) is 4.72. The second kappa shape index (κ2) is 9.92. The van der Waals surface area contributed by atoms with Crippen LogP contribution < -0.4 is 16.2 Å². The molecule has 0 radical (unpaired) electrons. The number of hydrogen-bond donors (Lipinski definition) is 2. The van der Waals surface area contributed by atoms with E-state index >= 15 is 0 Å². The minimum absolute atomic E-state index is 0.0334. The maximum Gasteiger partial charge on any atom is 0.274 e. The number of aryl methyl sites for hydroxylation is 1. The SMILES string of the molecule is CCCc1cc(=O)n2c(C(=O)Nc3ccc(F)cc3)c(C(=O)Nc3cc(Cl)cc(Cl)c3)sc2n1. The first-order valence-corrected chi connectivity index (χ1v) is 11.7. The first-order valence-electron chi connectivity index (χ1n) is 10.1. The van der Waals surface area contributed by atoms with Gasteiger partial charge in [-0.15, -0.1) is 0 Å². The van der Waals surface area contributed by atoms with Gasteiger partial charge in [0.2, 0.25) is 0 Å². The van der Waals surface area contributed by atoms with Crippen LogP contribution in [0.2, 0.25) is 10.0 Å². The Hall–Kier alpha value is -3.27. The van der Waals surface area contributed by atoms with Crippen molar-refractivity contribution in [3.8, 4) is 0 Å². The molecule has 34 heavy (non-hydrogen) atoms. The number of rotatable bonds is 6. The van der Waals surface area contributed by atoms with Crippen LogP contribution in [0.25, 0.3) is 4.96 Å². The molecule has 174 valence electrons. The maximum atomic E-state index is 13.3. The van der Waals surface area contributed by atoms with Crippen molar-refractivity contribution in [1.29, 1.82) is 0 Å². The Morgan fingerprint density at radius 2 is 1.65 bits per heavy atom. The molecule has 0 saturated heterocycles. The number of fused-ring (bicyclic) bond motifs is 1. The van der Waals surface area contributed by atoms with Gasteiger partial charge < -0.3 is 10.6 Å². The molecule has 0 spiro atoms. The fourth-order valence-electron chi connectivity index (χ4n) is 3.30. The van der Waals surface area contributed by atoms with Gasteiger partial charge in [-0.25, -0.2) is 13.8 Å². The second-order valence-electron chi connectivity index (χ2n) is 7.31. The van der Waals surface area contributed by atoms with E-state index in [-0.39, 0.29) is 15.5 Å². The van der Waals surface area contributed by atoms with Crippen LogP contribution in [0.4, 0.5) is 15.8 Å². The van der Waals surface area contributed by atoms with E-state index in [1.165, 1.54) is 48.5 Å². The number of hydrogen-bond acceptors (Lipinski definition) is 5. The summed E-state index contributed by atoms with van der Waals surface area (Å²) in [6.45, 7) is 1.95. The second-order valence-corrected chi connectivity index (χ2v) is 9.16. The van der Waals surface area contributed by atoms with E-state index in [2.05, 4.69) is 15.6 Å². The van der Waals surface area contributed by atoms with Crippen molar-refractivity contribution in [3.05, 3.63) is 91.0 Å². The Balaban J connectivity index is 1.81. The average molecular weight is 519 g/mol. The van der Waals surface area contributed by atoms with Crippen molar-refractivity contribution in [3.63, 3.8) is 0 Å². The van der Waals surface area contributed by atoms with Gasteiger partial charge in [-0.05, 0) is 48.9 Å². The smallest absolute Gasteiger partial charge is 0.274 e. The molecule has 11 heteroatoms. The molecular formula is C23H17Cl2FN4O3S. The first-order chi connectivity index (χ1) is 16.2. The molecule has 2 heterocycles. The van der Waals surface area contributed by atoms with E-state index in [1.807, 2.05) is 6.92 Å². The summed E-state index contributed by atoms with van der Waals surface area (Å²) in [4.78, 5) is 43.9. The molecule has 2 aromatic heterocycles. The van der Waals surface area contributed by atoms with Crippen molar-refractivity contribution >= 4 is 62.7 Å². The zero-order chi connectivity index (χ0) is 24.4. The Morgan fingerprint density at radius 3 is 2.29 bits per heavy atom. The van der Waals surface area contributed by atoms with Crippen molar-refractivity contribution < 1.29 is 14.0 Å². The van der Waals surface area contributed by atoms with Crippen LogP contribution in [0, 0.1) is 5.82 Å². The highest BCUT2D eigenvalue weighted by molar-refractivity contribution is 7.19. The van der Waals surface area contributed by atoms with E-state index < -0.39 is 23.2 Å². The molecule has 7 nitrogen and oxygen atoms in total. The summed E-state index contributed by atoms with van der Waals surface area (Å²) in [6.07, 6.45) is 1.35. The number of halogens is 3. The molecule has 4 rings (SSSR count). The van der Waals surface area contributed by atoms with Crippen LogP contribution in [-0.4, -0.2) is 21.2 Å². The Labute approximate surface area is 207 Å². The lowest BCUT2D eigenvalue weighted by Crippen LogP contribution is -2.25. The molecule has 0 atom stereocenters. The van der Waals surface area contributed by atoms with E-state index in [9.17, 15) is 18.8 Å². The number of nitrogens with zero attached hydrogens (tertiary/aromatic N) is 2. The van der Waals surface area contributed by atoms with Gasteiger partial charge in [-0.1, -0.05) is 47.9 Å². The number of aromatic nitrogens is 2. The molecule has 0 aliphatic carbocycles. The number of amides is 2. The maximum absolute atomic E-state index is 13.3. The van der Waals surface area contributed by atoms with E-state index in [4.69, 9.17) is 23.2 Å². The molecule has 0 bridgehead atoms. The summed E-state index contributed by atoms with van der Waals surface area (Å²) in [6, 6.07) is 11.0. The largest absolute Gasteiger partial charge is 0.321 e. The van der Waals surface area contributed by atoms with Crippen LogP contribution in [0.3, 0.4) is 0 Å². The van der Waals surface area contributed by atoms with Crippen molar-refractivity contribution in [2.75, 3.05) is 10.6 Å². The minimum atomic E-state index is -0.723. The van der Waals surface area contributed by atoms with E-state index in [0.29, 0.717) is 33.5 Å². The fourth-order valence-corrected chi connectivity index (χ4v) is 4.87. The van der Waals surface area contributed by atoms with Gasteiger partial charge in [0.25, 0.3) is 17.4 Å². The molecular weight excluding hydrogens is 502 g/mol. The van der Waals surface area contributed by atoms with Gasteiger partial charge in [0.15, 0.2) is 4.96 Å². The highest BCUT2D eigenvalue weighted by Crippen LogP contribution is 2.26. The van der Waals surface area contributed by atoms with Gasteiger partial charge in [-0.3, -0.25) is 14.4 Å². The first kappa shape index (κ1) is 23.9. The van der Waals surface area contributed by atoms with Gasteiger partial charge >= 0.3 is 0 Å². The van der Waals surface area contributed by atoms with Crippen LogP contribution in [0.15, 0.2) is 53.3 Å². The Morgan fingerprint density at radius 1 is 1.00 bits per heavy atom. The molecule has 2 aromatic carbocycles. The number of thiazole rings is 1. The minimum Gasteiger partial charge on any atom is -0.321 e. The standard InChI is InChI=1S/C23H17Cl2FN4O3S/c1-2-3-16-11-18(31)30-19(21(32)27-15-6-4-14(26)5-7-15)20(34-23(30)29-16)22(33)28-17-9-12(24)8-13(25)10-17/h4-11H,2-3H2,1H3,(H,27,32)(H,28,33). The summed E-state index contributed by atoms with van der Waals surface area (Å²) in [5, 5.41) is 5.89. The monoisotopic (exact) mass is 518 g/mol. The van der Waals surface area contributed by atoms with E-state index in [0.717, 1.165) is 22.2 Å². The molecule has 0 unspecified atom stereocenters. The third kappa shape index (κ3) is 5.11. The predicted octanol–water partition coefficient (Wildman–Crippen LogP) is 5.66. The van der Waals surface area contributed by atoms with Crippen LogP contribution in [-0.2, 0) is 6.42 Å². The van der Waals surface area contributed by atoms with Crippen molar-refractivity contribution in [1.82, 2.24) is 9.38 Å². The third-order valence-corrected chi connectivity index (χ3v) is 6.20. The number of carbonyl (C=O) groups is 2. The van der Waals surface area contributed by atoms with Gasteiger partial charge in [-0.2, -0.15) is 0 Å². The Kier molecular flexibility index (Phi) is 6.97. The quantitative estimate of drug-likeness (QED) is 0.344. The highest BCUT2D eigenvalue weighted by Gasteiger charge is 2.26. The lowest BCUT2D eigenvalue weighted by molar-refractivity contribution is 0.0989. The molecule has 0 aliphatic rings. The number of benzene rings is 2. The molecule has 4 aromatic rings. The normalized spacial score (nSPS) is 10.9. The molecule has 0 aliphatic heterocycles. The van der Waals surface area contributed by atoms with Gasteiger partial charge in [0.1, 0.15) is 16.4 Å². The molecule has 2 N–H and O–H groups in total. The fraction of sp³-hybridized carbons (Fsp3) is 0.130. The zero-order valence-electron chi connectivity index (χ0n) is 17.7. The van der Waals surface area contributed by atoms with Crippen LogP contribution in [0.1, 0.15) is 39.2 Å². The lowest BCUT2D eigenvalue weighted by atomic mass is 10.2. The molecule has 0 fully saturated rings. The average Bonchev–Trinajstić information content (AvgIpc) is 3.15. The topological polar surface area (TPSA) is 92.6 Å². The highest BCUT2D eigenvalue weighted by atomic mass is 35.5. The molecule has 2 amide bonds. The predicted molar refractivity (Wildman–Crippen MR) is 132 cm³/mol. The summed E-state index contributed by atoms with van der Waals surface area (Å²) < 4.78 is 14.4. The summed E-state index contributed by atoms with van der Waals surface area (Å²) >= 11 is 12.9. The number of anilines is 2. The summed E-state index contributed by atoms with van der Waals surface area (Å²) in [5.41, 5.74) is 0.501. The molecule has 0 saturated carbocycles. The number of nitrogens with one attached hydrogen (secondary N) is 2. The lowest BCUT2D eigenvalue weighted by Gasteiger charge is -2.09. The number of carbonyl (C=O) groups excluding carboxylic acids is 2. The van der Waals surface area contributed by atoms with Crippen molar-refractivity contribution in [2.45, 2.75) is 19.8 Å². The summed E-state index contributed by atoms with van der Waals surface area (Å²) in [7, 11) is 0.